The van der Waals surface area contributed by atoms with Gasteiger partial charge in [-0.1, -0.05) is 25.1 Å². The Morgan fingerprint density at radius 1 is 1.47 bits per heavy atom. The van der Waals surface area contributed by atoms with E-state index in [0.717, 1.165) is 15.0 Å². The first-order valence-corrected chi connectivity index (χ1v) is 5.75. The molecule has 78 valence electrons. The molecular weight excluding hydrogens is 208 g/mol. The third-order valence-electron chi connectivity index (χ3n) is 2.49. The van der Waals surface area contributed by atoms with E-state index in [1.807, 2.05) is 37.3 Å². The van der Waals surface area contributed by atoms with Crippen molar-refractivity contribution in [1.82, 2.24) is 0 Å². The van der Waals surface area contributed by atoms with Crippen LogP contribution in [0.2, 0.25) is 0 Å². The van der Waals surface area contributed by atoms with E-state index in [4.69, 9.17) is 5.11 Å². The number of hydrogen-bond acceptors (Lipinski definition) is 2. The molecule has 2 aromatic rings. The summed E-state index contributed by atoms with van der Waals surface area (Å²) in [6.07, 6.45) is 0.641. The minimum atomic E-state index is -0.732. The number of rotatable bonds is 3. The van der Waals surface area contributed by atoms with Crippen molar-refractivity contribution in [3.8, 4) is 0 Å². The Hall–Kier alpha value is -1.35. The molecule has 1 heterocycles. The van der Waals surface area contributed by atoms with Crippen molar-refractivity contribution in [3.05, 3.63) is 35.2 Å². The Morgan fingerprint density at radius 2 is 2.20 bits per heavy atom. The van der Waals surface area contributed by atoms with E-state index in [0.29, 0.717) is 6.42 Å². The van der Waals surface area contributed by atoms with Crippen LogP contribution in [0.15, 0.2) is 30.3 Å². The van der Waals surface area contributed by atoms with Gasteiger partial charge in [-0.15, -0.1) is 11.3 Å². The van der Waals surface area contributed by atoms with Crippen molar-refractivity contribution in [2.45, 2.75) is 19.3 Å². The molecule has 1 aromatic carbocycles. The molecule has 1 unspecified atom stereocenters. The molecular formula is C12H12O2S. The van der Waals surface area contributed by atoms with Crippen molar-refractivity contribution in [2.24, 2.45) is 0 Å². The predicted octanol–water partition coefficient (Wildman–Crippen LogP) is 3.48. The summed E-state index contributed by atoms with van der Waals surface area (Å²) in [6.45, 7) is 1.91. The summed E-state index contributed by atoms with van der Waals surface area (Å²) in [7, 11) is 0. The Labute approximate surface area is 92.2 Å². The van der Waals surface area contributed by atoms with E-state index in [1.54, 1.807) is 11.3 Å². The summed E-state index contributed by atoms with van der Waals surface area (Å²) < 4.78 is 1.16. The van der Waals surface area contributed by atoms with Gasteiger partial charge in [0.25, 0.3) is 0 Å². The topological polar surface area (TPSA) is 37.3 Å². The van der Waals surface area contributed by atoms with Crippen LogP contribution in [0, 0.1) is 0 Å². The number of carbonyl (C=O) groups is 1. The van der Waals surface area contributed by atoms with Gasteiger partial charge in [0, 0.05) is 9.58 Å². The van der Waals surface area contributed by atoms with Crippen molar-refractivity contribution < 1.29 is 9.90 Å². The molecule has 1 N–H and O–H groups in total. The van der Waals surface area contributed by atoms with E-state index >= 15 is 0 Å². The van der Waals surface area contributed by atoms with Gasteiger partial charge in [-0.05, 0) is 23.9 Å². The normalized spacial score (nSPS) is 12.9. The number of carboxylic acid groups (broad SMARTS) is 1. The van der Waals surface area contributed by atoms with Crippen molar-refractivity contribution in [2.75, 3.05) is 0 Å². The van der Waals surface area contributed by atoms with Crippen LogP contribution in [-0.2, 0) is 4.79 Å². The van der Waals surface area contributed by atoms with Crippen LogP contribution in [0.4, 0.5) is 0 Å². The van der Waals surface area contributed by atoms with E-state index in [-0.39, 0.29) is 5.92 Å². The first kappa shape index (κ1) is 10.2. The summed E-state index contributed by atoms with van der Waals surface area (Å²) in [5, 5.41) is 10.2. The van der Waals surface area contributed by atoms with Gasteiger partial charge in [0.15, 0.2) is 0 Å². The number of benzene rings is 1. The monoisotopic (exact) mass is 220 g/mol. The first-order valence-electron chi connectivity index (χ1n) is 4.93. The van der Waals surface area contributed by atoms with Crippen molar-refractivity contribution >= 4 is 27.4 Å². The lowest BCUT2D eigenvalue weighted by atomic mass is 10.0. The second-order valence-electron chi connectivity index (χ2n) is 3.49. The molecule has 0 bridgehead atoms. The Kier molecular flexibility index (Phi) is 2.73. The van der Waals surface area contributed by atoms with Crippen LogP contribution >= 0.6 is 11.3 Å². The quantitative estimate of drug-likeness (QED) is 0.859. The van der Waals surface area contributed by atoms with Crippen molar-refractivity contribution in [1.29, 1.82) is 0 Å². The Balaban J connectivity index is 2.47. The largest absolute Gasteiger partial charge is 0.481 e. The number of thiophene rings is 1. The first-order chi connectivity index (χ1) is 7.22. The summed E-state index contributed by atoms with van der Waals surface area (Å²) in [5.74, 6) is -1.09. The maximum absolute atomic E-state index is 11.0. The summed E-state index contributed by atoms with van der Waals surface area (Å²) in [5.41, 5.74) is 0. The van der Waals surface area contributed by atoms with Gasteiger partial charge in [0.05, 0.1) is 5.92 Å². The zero-order chi connectivity index (χ0) is 10.8. The maximum atomic E-state index is 11.0. The second-order valence-corrected chi connectivity index (χ2v) is 4.60. The lowest BCUT2D eigenvalue weighted by Gasteiger charge is -2.05. The lowest BCUT2D eigenvalue weighted by Crippen LogP contribution is -2.08. The van der Waals surface area contributed by atoms with E-state index in [1.165, 1.54) is 0 Å². The minimum Gasteiger partial charge on any atom is -0.481 e. The summed E-state index contributed by atoms with van der Waals surface area (Å²) in [4.78, 5) is 12.0. The predicted molar refractivity (Wildman–Crippen MR) is 62.5 cm³/mol. The number of carboxylic acids is 1. The molecule has 0 aliphatic rings. The van der Waals surface area contributed by atoms with Gasteiger partial charge in [-0.2, -0.15) is 0 Å². The molecule has 2 rings (SSSR count). The van der Waals surface area contributed by atoms with Crippen LogP contribution in [-0.4, -0.2) is 11.1 Å². The van der Waals surface area contributed by atoms with Crippen LogP contribution in [0.3, 0.4) is 0 Å². The van der Waals surface area contributed by atoms with Crippen LogP contribution in [0.25, 0.3) is 10.1 Å². The fraction of sp³-hybridized carbons (Fsp3) is 0.250. The molecule has 0 aliphatic heterocycles. The number of fused-ring (bicyclic) bond motifs is 1. The highest BCUT2D eigenvalue weighted by molar-refractivity contribution is 7.19. The third kappa shape index (κ3) is 1.88. The van der Waals surface area contributed by atoms with Crippen LogP contribution < -0.4 is 0 Å². The fourth-order valence-electron chi connectivity index (χ4n) is 1.67. The van der Waals surface area contributed by atoms with E-state index in [9.17, 15) is 4.79 Å². The standard InChI is InChI=1S/C12H12O2S/c1-2-9(12(13)14)11-7-8-5-3-4-6-10(8)15-11/h3-7,9H,2H2,1H3,(H,13,14). The van der Waals surface area contributed by atoms with Gasteiger partial charge in [0.2, 0.25) is 0 Å². The molecule has 0 radical (unpaired) electrons. The molecule has 0 fully saturated rings. The van der Waals surface area contributed by atoms with Gasteiger partial charge in [-0.25, -0.2) is 0 Å². The smallest absolute Gasteiger partial charge is 0.311 e. The molecule has 0 aliphatic carbocycles. The lowest BCUT2D eigenvalue weighted by molar-refractivity contribution is -0.138. The fourth-order valence-corrected chi connectivity index (χ4v) is 2.91. The van der Waals surface area contributed by atoms with Crippen molar-refractivity contribution in [3.63, 3.8) is 0 Å². The average molecular weight is 220 g/mol. The Morgan fingerprint density at radius 3 is 2.80 bits per heavy atom. The van der Waals surface area contributed by atoms with E-state index in [2.05, 4.69) is 0 Å². The van der Waals surface area contributed by atoms with Gasteiger partial charge >= 0.3 is 5.97 Å². The van der Waals surface area contributed by atoms with Gasteiger partial charge in [0.1, 0.15) is 0 Å². The average Bonchev–Trinajstić information content (AvgIpc) is 2.61. The summed E-state index contributed by atoms with van der Waals surface area (Å²) in [6, 6.07) is 9.98. The molecule has 0 spiro atoms. The second kappa shape index (κ2) is 4.03. The van der Waals surface area contributed by atoms with Gasteiger partial charge < -0.3 is 5.11 Å². The third-order valence-corrected chi connectivity index (χ3v) is 3.72. The van der Waals surface area contributed by atoms with Gasteiger partial charge in [-0.3, -0.25) is 4.79 Å². The molecule has 0 saturated carbocycles. The highest BCUT2D eigenvalue weighted by Crippen LogP contribution is 2.32. The molecule has 1 aromatic heterocycles. The molecule has 0 amide bonds. The number of hydrogen-bond donors (Lipinski definition) is 1. The highest BCUT2D eigenvalue weighted by Gasteiger charge is 2.19. The summed E-state index contributed by atoms with van der Waals surface area (Å²) >= 11 is 1.58. The zero-order valence-electron chi connectivity index (χ0n) is 8.43. The zero-order valence-corrected chi connectivity index (χ0v) is 9.25. The highest BCUT2D eigenvalue weighted by atomic mass is 32.1. The van der Waals surface area contributed by atoms with Crippen LogP contribution in [0.5, 0.6) is 0 Å². The SMILES string of the molecule is CCC(C(=O)O)c1cc2ccccc2s1. The minimum absolute atomic E-state index is 0.359. The molecule has 0 saturated heterocycles. The van der Waals surface area contributed by atoms with Crippen LogP contribution in [0.1, 0.15) is 24.1 Å². The molecule has 3 heteroatoms. The maximum Gasteiger partial charge on any atom is 0.311 e. The molecule has 1 atom stereocenters. The van der Waals surface area contributed by atoms with E-state index < -0.39 is 5.97 Å². The molecule has 2 nitrogen and oxygen atoms in total. The number of aliphatic carboxylic acids is 1. The molecule has 15 heavy (non-hydrogen) atoms. The Bertz CT molecular complexity index is 454.